The molecular weight excluding hydrogens is 300 g/mol. The van der Waals surface area contributed by atoms with Gasteiger partial charge in [0.15, 0.2) is 0 Å². The highest BCUT2D eigenvalue weighted by Crippen LogP contribution is 2.31. The van der Waals surface area contributed by atoms with Gasteiger partial charge < -0.3 is 9.47 Å². The van der Waals surface area contributed by atoms with Gasteiger partial charge in [0.1, 0.15) is 12.4 Å². The standard InChI is InChI=1S/C20H16N2O2/c1-23-19-11-16(12-21)7-9-18(19)17-8-10-20(22-13-17)24-14-15-5-3-2-4-6-15/h2-11,13H,14H2,1H3. The molecule has 2 aromatic carbocycles. The van der Waals surface area contributed by atoms with Crippen molar-refractivity contribution in [3.8, 4) is 28.8 Å². The molecule has 0 amide bonds. The molecule has 0 aliphatic carbocycles. The Morgan fingerprint density at radius 3 is 2.54 bits per heavy atom. The maximum absolute atomic E-state index is 8.97. The van der Waals surface area contributed by atoms with Crippen molar-refractivity contribution in [1.29, 1.82) is 5.26 Å². The van der Waals surface area contributed by atoms with Gasteiger partial charge in [-0.3, -0.25) is 0 Å². The lowest BCUT2D eigenvalue weighted by Gasteiger charge is -2.10. The van der Waals surface area contributed by atoms with Crippen LogP contribution in [0.5, 0.6) is 11.6 Å². The van der Waals surface area contributed by atoms with Gasteiger partial charge >= 0.3 is 0 Å². The molecule has 0 saturated carbocycles. The van der Waals surface area contributed by atoms with Crippen molar-refractivity contribution < 1.29 is 9.47 Å². The van der Waals surface area contributed by atoms with Gasteiger partial charge in [-0.1, -0.05) is 30.3 Å². The summed E-state index contributed by atoms with van der Waals surface area (Å²) in [6, 6.07) is 21.2. The van der Waals surface area contributed by atoms with E-state index in [1.165, 1.54) is 0 Å². The zero-order valence-electron chi connectivity index (χ0n) is 13.3. The molecule has 3 aromatic rings. The Bertz CT molecular complexity index is 853. The number of hydrogen-bond acceptors (Lipinski definition) is 4. The largest absolute Gasteiger partial charge is 0.496 e. The van der Waals surface area contributed by atoms with Crippen molar-refractivity contribution in [2.45, 2.75) is 6.61 Å². The van der Waals surface area contributed by atoms with Crippen LogP contribution in [0.25, 0.3) is 11.1 Å². The average molecular weight is 316 g/mol. The van der Waals surface area contributed by atoms with Crippen LogP contribution < -0.4 is 9.47 Å². The lowest BCUT2D eigenvalue weighted by Crippen LogP contribution is -1.97. The molecule has 0 saturated heterocycles. The van der Waals surface area contributed by atoms with E-state index in [0.717, 1.165) is 16.7 Å². The normalized spacial score (nSPS) is 10.0. The van der Waals surface area contributed by atoms with E-state index in [0.29, 0.717) is 23.8 Å². The van der Waals surface area contributed by atoms with Gasteiger partial charge in [-0.15, -0.1) is 0 Å². The lowest BCUT2D eigenvalue weighted by molar-refractivity contribution is 0.294. The van der Waals surface area contributed by atoms with Crippen LogP contribution in [-0.4, -0.2) is 12.1 Å². The highest BCUT2D eigenvalue weighted by atomic mass is 16.5. The summed E-state index contributed by atoms with van der Waals surface area (Å²) in [6.07, 6.45) is 1.74. The molecule has 0 atom stereocenters. The Morgan fingerprint density at radius 1 is 1.04 bits per heavy atom. The maximum atomic E-state index is 8.97. The highest BCUT2D eigenvalue weighted by Gasteiger charge is 2.08. The van der Waals surface area contributed by atoms with Crippen LogP contribution in [0.2, 0.25) is 0 Å². The van der Waals surface area contributed by atoms with Crippen LogP contribution in [0.15, 0.2) is 66.9 Å². The van der Waals surface area contributed by atoms with Gasteiger partial charge in [-0.2, -0.15) is 5.26 Å². The van der Waals surface area contributed by atoms with Gasteiger partial charge in [-0.05, 0) is 29.8 Å². The molecule has 24 heavy (non-hydrogen) atoms. The lowest BCUT2D eigenvalue weighted by atomic mass is 10.0. The SMILES string of the molecule is COc1cc(C#N)ccc1-c1ccc(OCc2ccccc2)nc1. The summed E-state index contributed by atoms with van der Waals surface area (Å²) in [6.45, 7) is 0.480. The number of methoxy groups -OCH3 is 1. The molecule has 0 aliphatic heterocycles. The highest BCUT2D eigenvalue weighted by molar-refractivity contribution is 5.71. The second kappa shape index (κ2) is 7.30. The first-order valence-electron chi connectivity index (χ1n) is 7.51. The van der Waals surface area contributed by atoms with Crippen LogP contribution in [0.1, 0.15) is 11.1 Å². The Hall–Kier alpha value is -3.32. The number of benzene rings is 2. The van der Waals surface area contributed by atoms with Gasteiger partial charge in [0.25, 0.3) is 0 Å². The maximum Gasteiger partial charge on any atom is 0.213 e. The number of hydrogen-bond donors (Lipinski definition) is 0. The van der Waals surface area contributed by atoms with Crippen LogP contribution in [0.3, 0.4) is 0 Å². The molecule has 4 heteroatoms. The molecule has 1 heterocycles. The minimum absolute atomic E-state index is 0.480. The van der Waals surface area contributed by atoms with Crippen LogP contribution >= 0.6 is 0 Å². The first-order valence-corrected chi connectivity index (χ1v) is 7.51. The molecule has 3 rings (SSSR count). The topological polar surface area (TPSA) is 55.1 Å². The minimum Gasteiger partial charge on any atom is -0.496 e. The second-order valence-corrected chi connectivity index (χ2v) is 5.19. The summed E-state index contributed by atoms with van der Waals surface area (Å²) >= 11 is 0. The van der Waals surface area contributed by atoms with E-state index in [2.05, 4.69) is 11.1 Å². The first-order chi connectivity index (χ1) is 11.8. The minimum atomic E-state index is 0.480. The second-order valence-electron chi connectivity index (χ2n) is 5.19. The number of rotatable bonds is 5. The molecular formula is C20H16N2O2. The average Bonchev–Trinajstić information content (AvgIpc) is 2.67. The molecule has 0 unspecified atom stereocenters. The van der Waals surface area contributed by atoms with E-state index >= 15 is 0 Å². The summed E-state index contributed by atoms with van der Waals surface area (Å²) in [4.78, 5) is 4.35. The van der Waals surface area contributed by atoms with E-state index in [4.69, 9.17) is 14.7 Å². The van der Waals surface area contributed by atoms with E-state index in [1.54, 1.807) is 25.4 Å². The summed E-state index contributed by atoms with van der Waals surface area (Å²) in [5, 5.41) is 8.97. The molecule has 0 radical (unpaired) electrons. The molecule has 0 N–H and O–H groups in total. The fourth-order valence-corrected chi connectivity index (χ4v) is 2.36. The summed E-state index contributed by atoms with van der Waals surface area (Å²) < 4.78 is 11.1. The van der Waals surface area contributed by atoms with Gasteiger partial charge in [0, 0.05) is 23.4 Å². The van der Waals surface area contributed by atoms with E-state index < -0.39 is 0 Å². The summed E-state index contributed by atoms with van der Waals surface area (Å²) in [5.41, 5.74) is 3.45. The fraction of sp³-hybridized carbons (Fsp3) is 0.100. The smallest absolute Gasteiger partial charge is 0.213 e. The molecule has 0 fully saturated rings. The number of nitrogens with zero attached hydrogens (tertiary/aromatic N) is 2. The van der Waals surface area contributed by atoms with Crippen molar-refractivity contribution in [1.82, 2.24) is 4.98 Å². The Labute approximate surface area is 140 Å². The number of nitriles is 1. The fourth-order valence-electron chi connectivity index (χ4n) is 2.36. The summed E-state index contributed by atoms with van der Waals surface area (Å²) in [7, 11) is 1.59. The summed E-state index contributed by atoms with van der Waals surface area (Å²) in [5.74, 6) is 1.21. The van der Waals surface area contributed by atoms with Gasteiger partial charge in [0.2, 0.25) is 5.88 Å². The predicted molar refractivity (Wildman–Crippen MR) is 91.7 cm³/mol. The molecule has 0 aliphatic rings. The van der Waals surface area contributed by atoms with E-state index in [1.807, 2.05) is 48.5 Å². The monoisotopic (exact) mass is 316 g/mol. The Kier molecular flexibility index (Phi) is 4.73. The van der Waals surface area contributed by atoms with Crippen molar-refractivity contribution >= 4 is 0 Å². The van der Waals surface area contributed by atoms with Crippen molar-refractivity contribution in [3.63, 3.8) is 0 Å². The number of ether oxygens (including phenoxy) is 2. The van der Waals surface area contributed by atoms with Crippen LogP contribution in [0.4, 0.5) is 0 Å². The van der Waals surface area contributed by atoms with Gasteiger partial charge in [-0.25, -0.2) is 4.98 Å². The third-order valence-corrected chi connectivity index (χ3v) is 3.61. The van der Waals surface area contributed by atoms with Crippen LogP contribution in [-0.2, 0) is 6.61 Å². The third kappa shape index (κ3) is 3.53. The quantitative estimate of drug-likeness (QED) is 0.707. The van der Waals surface area contributed by atoms with E-state index in [9.17, 15) is 0 Å². The zero-order valence-corrected chi connectivity index (χ0v) is 13.3. The molecule has 1 aromatic heterocycles. The molecule has 0 bridgehead atoms. The number of aromatic nitrogens is 1. The Morgan fingerprint density at radius 2 is 1.88 bits per heavy atom. The van der Waals surface area contributed by atoms with Crippen molar-refractivity contribution in [2.75, 3.05) is 7.11 Å². The number of pyridine rings is 1. The van der Waals surface area contributed by atoms with Crippen molar-refractivity contribution in [2.24, 2.45) is 0 Å². The molecule has 4 nitrogen and oxygen atoms in total. The van der Waals surface area contributed by atoms with Crippen molar-refractivity contribution in [3.05, 3.63) is 78.0 Å². The molecule has 118 valence electrons. The third-order valence-electron chi connectivity index (χ3n) is 3.61. The Balaban J connectivity index is 1.76. The van der Waals surface area contributed by atoms with Crippen LogP contribution in [0, 0.1) is 11.3 Å². The van der Waals surface area contributed by atoms with E-state index in [-0.39, 0.29) is 0 Å². The zero-order chi connectivity index (χ0) is 16.8. The molecule has 0 spiro atoms. The first kappa shape index (κ1) is 15.6. The predicted octanol–water partition coefficient (Wildman–Crippen LogP) is 4.21. The van der Waals surface area contributed by atoms with Gasteiger partial charge in [0.05, 0.1) is 18.7 Å².